The minimum atomic E-state index is -1.76. The normalized spacial score (nSPS) is 19.1. The molecule has 2 aromatic rings. The zero-order valence-electron chi connectivity index (χ0n) is 24.0. The highest BCUT2D eigenvalue weighted by Gasteiger charge is 2.50. The summed E-state index contributed by atoms with van der Waals surface area (Å²) in [7, 11) is -1.76. The molecule has 200 valence electrons. The van der Waals surface area contributed by atoms with E-state index in [9.17, 15) is 9.59 Å². The first-order valence-corrected chi connectivity index (χ1v) is 16.3. The van der Waals surface area contributed by atoms with Crippen molar-refractivity contribution in [1.29, 1.82) is 0 Å². The molecule has 5 nitrogen and oxygen atoms in total. The van der Waals surface area contributed by atoms with Gasteiger partial charge in [0.15, 0.2) is 8.32 Å². The molecule has 0 N–H and O–H groups in total. The van der Waals surface area contributed by atoms with E-state index in [1.165, 1.54) is 4.90 Å². The molecule has 0 spiro atoms. The van der Waals surface area contributed by atoms with Crippen LogP contribution in [0.3, 0.4) is 0 Å². The minimum Gasteiger partial charge on any atom is -0.417 e. The lowest BCUT2D eigenvalue weighted by Gasteiger charge is -2.48. The quantitative estimate of drug-likeness (QED) is 0.190. The first kappa shape index (κ1) is 28.9. The second-order valence-electron chi connectivity index (χ2n) is 12.1. The maximum Gasteiger partial charge on any atom is 0.336 e. The van der Waals surface area contributed by atoms with Crippen LogP contribution in [0.1, 0.15) is 64.5 Å². The summed E-state index contributed by atoms with van der Waals surface area (Å²) in [6, 6.07) is 15.0. The van der Waals surface area contributed by atoms with Crippen LogP contribution >= 0.6 is 0 Å². The number of benzene rings is 2. The summed E-state index contributed by atoms with van der Waals surface area (Å²) in [5.74, 6) is -0.332. The van der Waals surface area contributed by atoms with Crippen molar-refractivity contribution >= 4 is 31.6 Å². The van der Waals surface area contributed by atoms with Crippen LogP contribution in [0.2, 0.25) is 18.1 Å². The van der Waals surface area contributed by atoms with Crippen molar-refractivity contribution in [2.45, 2.75) is 90.9 Å². The van der Waals surface area contributed by atoms with Gasteiger partial charge in [-0.2, -0.15) is 0 Å². The van der Waals surface area contributed by atoms with Gasteiger partial charge in [-0.25, -0.2) is 9.69 Å². The van der Waals surface area contributed by atoms with Crippen LogP contribution in [-0.4, -0.2) is 32.4 Å². The van der Waals surface area contributed by atoms with E-state index in [1.54, 1.807) is 4.90 Å². The lowest BCUT2D eigenvalue weighted by molar-refractivity contribution is -0.115. The lowest BCUT2D eigenvalue weighted by Crippen LogP contribution is -2.64. The fourth-order valence-electron chi connectivity index (χ4n) is 4.46. The van der Waals surface area contributed by atoms with Crippen molar-refractivity contribution in [2.75, 3.05) is 16.4 Å². The Labute approximate surface area is 224 Å². The van der Waals surface area contributed by atoms with Gasteiger partial charge in [0, 0.05) is 17.9 Å². The highest BCUT2D eigenvalue weighted by Crippen LogP contribution is 2.41. The summed E-state index contributed by atoms with van der Waals surface area (Å²) >= 11 is 0. The van der Waals surface area contributed by atoms with Gasteiger partial charge < -0.3 is 4.43 Å². The van der Waals surface area contributed by atoms with Gasteiger partial charge in [-0.05, 0) is 76.0 Å². The predicted octanol–water partition coefficient (Wildman–Crippen LogP) is 8.17. The Morgan fingerprint density at radius 2 is 1.38 bits per heavy atom. The van der Waals surface area contributed by atoms with E-state index in [1.807, 2.05) is 69.3 Å². The third kappa shape index (κ3) is 6.07. The van der Waals surface area contributed by atoms with Gasteiger partial charge in [-0.3, -0.25) is 9.69 Å². The van der Waals surface area contributed by atoms with Crippen molar-refractivity contribution in [3.63, 3.8) is 0 Å². The summed E-state index contributed by atoms with van der Waals surface area (Å²) < 4.78 is 6.34. The summed E-state index contributed by atoms with van der Waals surface area (Å²) in [6.07, 6.45) is 3.43. The highest BCUT2D eigenvalue weighted by molar-refractivity contribution is 6.74. The minimum absolute atomic E-state index is 0.193. The van der Waals surface area contributed by atoms with Crippen molar-refractivity contribution in [3.05, 3.63) is 71.8 Å². The maximum atomic E-state index is 14.0. The molecule has 0 bridgehead atoms. The van der Waals surface area contributed by atoms with E-state index in [0.29, 0.717) is 17.7 Å². The van der Waals surface area contributed by atoms with Crippen molar-refractivity contribution in [3.8, 4) is 0 Å². The fourth-order valence-corrected chi connectivity index (χ4v) is 5.55. The van der Waals surface area contributed by atoms with Crippen molar-refractivity contribution in [1.82, 2.24) is 0 Å². The number of hydrogen-bond donors (Lipinski definition) is 0. The molecule has 0 radical (unpaired) electrons. The van der Waals surface area contributed by atoms with Gasteiger partial charge in [0.1, 0.15) is 0 Å². The number of hydrogen-bond acceptors (Lipinski definition) is 3. The van der Waals surface area contributed by atoms with Crippen LogP contribution in [0.5, 0.6) is 0 Å². The first-order valence-electron chi connectivity index (χ1n) is 13.3. The summed E-state index contributed by atoms with van der Waals surface area (Å²) in [5.41, 5.74) is 3.13. The molecule has 0 aromatic heterocycles. The number of carbonyl (C=O) groups excluding carboxylic acids is 2. The molecule has 1 saturated heterocycles. The molecule has 1 heterocycles. The van der Waals surface area contributed by atoms with Crippen LogP contribution in [-0.2, 0) is 9.22 Å². The van der Waals surface area contributed by atoms with Crippen LogP contribution in [0.25, 0.3) is 0 Å². The van der Waals surface area contributed by atoms with Crippen LogP contribution in [0.4, 0.5) is 16.2 Å². The summed E-state index contributed by atoms with van der Waals surface area (Å²) in [5, 5.41) is 0.193. The number of aryl methyl sites for hydroxylation is 2. The Bertz CT molecular complexity index is 1130. The Morgan fingerprint density at radius 1 is 0.865 bits per heavy atom. The van der Waals surface area contributed by atoms with Gasteiger partial charge >= 0.3 is 6.03 Å². The van der Waals surface area contributed by atoms with E-state index in [0.717, 1.165) is 42.7 Å². The molecule has 0 saturated carbocycles. The number of imide groups is 1. The van der Waals surface area contributed by atoms with E-state index < -0.39 is 13.9 Å². The molecule has 3 rings (SSSR count). The average molecular weight is 521 g/mol. The third-order valence-corrected chi connectivity index (χ3v) is 12.7. The molecule has 0 aliphatic carbocycles. The predicted molar refractivity (Wildman–Crippen MR) is 157 cm³/mol. The van der Waals surface area contributed by atoms with E-state index in [4.69, 9.17) is 4.43 Å². The number of carbonyl (C=O) groups is 2. The Hall–Kier alpha value is -2.70. The van der Waals surface area contributed by atoms with Crippen molar-refractivity contribution in [2.24, 2.45) is 0 Å². The molecule has 1 aliphatic rings. The third-order valence-electron chi connectivity index (χ3n) is 8.15. The molecular weight excluding hydrogens is 476 g/mol. The number of unbranched alkanes of at least 4 members (excludes halogenated alkanes) is 2. The largest absolute Gasteiger partial charge is 0.417 e. The van der Waals surface area contributed by atoms with E-state index in [2.05, 4.69) is 40.4 Å². The van der Waals surface area contributed by atoms with Gasteiger partial charge in [0.2, 0.25) is 0 Å². The second kappa shape index (κ2) is 11.0. The zero-order chi connectivity index (χ0) is 27.6. The Morgan fingerprint density at radius 3 is 1.89 bits per heavy atom. The van der Waals surface area contributed by atoms with Crippen LogP contribution < -0.4 is 9.80 Å². The van der Waals surface area contributed by atoms with E-state index >= 15 is 0 Å². The number of urea groups is 1. The van der Waals surface area contributed by atoms with Crippen molar-refractivity contribution < 1.29 is 14.0 Å². The Kier molecular flexibility index (Phi) is 8.55. The topological polar surface area (TPSA) is 49.9 Å². The molecule has 6 heteroatoms. The number of rotatable bonds is 9. The van der Waals surface area contributed by atoms with Gasteiger partial charge in [-0.15, -0.1) is 0 Å². The molecule has 37 heavy (non-hydrogen) atoms. The van der Waals surface area contributed by atoms with Gasteiger partial charge in [-0.1, -0.05) is 75.6 Å². The molecule has 1 aliphatic heterocycles. The van der Waals surface area contributed by atoms with Gasteiger partial charge in [0.05, 0.1) is 11.2 Å². The summed E-state index contributed by atoms with van der Waals surface area (Å²) in [6.45, 7) is 22.3. The average Bonchev–Trinajstić information content (AvgIpc) is 2.82. The zero-order valence-corrected chi connectivity index (χ0v) is 25.0. The highest BCUT2D eigenvalue weighted by atomic mass is 28.4. The SMILES string of the molecule is C=C1C(=O)N(c2ccc(C)cc2)C(=O)N(c2ccc(C)cc2)C1(C)CCCCCO[Si](C)(C)C(C)(C)C. The van der Waals surface area contributed by atoms with Gasteiger partial charge in [0.25, 0.3) is 5.91 Å². The smallest absolute Gasteiger partial charge is 0.336 e. The second-order valence-corrected chi connectivity index (χ2v) is 16.9. The lowest BCUT2D eigenvalue weighted by atomic mass is 9.82. The maximum absolute atomic E-state index is 14.0. The molecule has 1 atom stereocenters. The number of anilines is 2. The standard InChI is InChI=1S/C31H44N2O3Si/c1-23-13-17-26(18-14-23)32-28(34)25(3)31(7,33(29(32)35)27-19-15-24(2)16-20-27)21-11-10-12-22-36-37(8,9)30(4,5)6/h13-20H,3,10-12,21-22H2,1-2,4-9H3. The molecule has 1 unspecified atom stereocenters. The molecular formula is C31H44N2O3Si. The fraction of sp³-hybridized carbons (Fsp3) is 0.484. The molecule has 2 aromatic carbocycles. The monoisotopic (exact) mass is 520 g/mol. The van der Waals surface area contributed by atoms with Crippen LogP contribution in [0.15, 0.2) is 60.7 Å². The molecule has 1 fully saturated rings. The van der Waals surface area contributed by atoms with E-state index in [-0.39, 0.29) is 17.0 Å². The van der Waals surface area contributed by atoms with Crippen LogP contribution in [0, 0.1) is 13.8 Å². The molecule has 3 amide bonds. The number of nitrogens with zero attached hydrogens (tertiary/aromatic N) is 2. The first-order chi connectivity index (χ1) is 17.2. The summed E-state index contributed by atoms with van der Waals surface area (Å²) in [4.78, 5) is 30.6. The number of amides is 3. The Balaban J connectivity index is 1.81.